The maximum Gasteiger partial charge on any atom is 0.508 e. The molecule has 1 unspecified atom stereocenters. The summed E-state index contributed by atoms with van der Waals surface area (Å²) in [5.74, 6) is -8.92. The Balaban J connectivity index is 1.50. The number of allylic oxidation sites excluding steroid dienone is 6. The minimum Gasteiger partial charge on any atom is -0.460 e. The summed E-state index contributed by atoms with van der Waals surface area (Å²) in [7, 11) is 4.48. The number of piperidine rings is 1. The molecule has 4 fully saturated rings. The third-order valence-electron chi connectivity index (χ3n) is 15.5. The maximum absolute atomic E-state index is 14.6. The second-order valence-electron chi connectivity index (χ2n) is 20.5. The average Bonchev–Trinajstić information content (AvgIpc) is 3.33. The van der Waals surface area contributed by atoms with Crippen molar-refractivity contribution in [3.05, 3.63) is 60.3 Å². The molecule has 4 bridgehead atoms. The first-order chi connectivity index (χ1) is 33.3. The van der Waals surface area contributed by atoms with Crippen LogP contribution in [0.1, 0.15) is 112 Å². The lowest BCUT2D eigenvalue weighted by Gasteiger charge is -2.50. The number of Topliss-reactive ketones (excluding diaryl/α,β-unsaturated/α-hetero) is 3. The third-order valence-corrected chi connectivity index (χ3v) is 15.5. The highest BCUT2D eigenvalue weighted by Crippen LogP contribution is 2.45. The van der Waals surface area contributed by atoms with E-state index in [2.05, 4.69) is 6.58 Å². The van der Waals surface area contributed by atoms with Crippen molar-refractivity contribution >= 4 is 35.4 Å². The van der Waals surface area contributed by atoms with E-state index in [-0.39, 0.29) is 43.0 Å². The lowest BCUT2D eigenvalue weighted by Crippen LogP contribution is -2.65. The number of amides is 1. The fourth-order valence-electron chi connectivity index (χ4n) is 11.3. The molecule has 390 valence electrons. The molecule has 16 nitrogen and oxygen atoms in total. The third kappa shape index (κ3) is 13.8. The Morgan fingerprint density at radius 2 is 1.64 bits per heavy atom. The van der Waals surface area contributed by atoms with Gasteiger partial charge in [-0.2, -0.15) is 0 Å². The molecular formula is C54H79NO15. The minimum absolute atomic E-state index is 0.00483. The first-order valence-corrected chi connectivity index (χ1v) is 25.2. The highest BCUT2D eigenvalue weighted by Gasteiger charge is 2.57. The van der Waals surface area contributed by atoms with Crippen LogP contribution in [-0.2, 0) is 57.1 Å². The van der Waals surface area contributed by atoms with Gasteiger partial charge in [0.05, 0.1) is 18.3 Å². The van der Waals surface area contributed by atoms with Crippen molar-refractivity contribution in [1.82, 2.24) is 4.90 Å². The molecule has 0 aromatic carbocycles. The van der Waals surface area contributed by atoms with Gasteiger partial charge in [0.1, 0.15) is 42.8 Å². The van der Waals surface area contributed by atoms with Crippen LogP contribution in [0.5, 0.6) is 0 Å². The van der Waals surface area contributed by atoms with E-state index < -0.39 is 108 Å². The van der Waals surface area contributed by atoms with Crippen LogP contribution in [-0.4, -0.2) is 140 Å². The van der Waals surface area contributed by atoms with Crippen LogP contribution in [0.15, 0.2) is 60.3 Å². The van der Waals surface area contributed by atoms with Gasteiger partial charge < -0.3 is 48.3 Å². The molecule has 0 radical (unpaired) electrons. The van der Waals surface area contributed by atoms with E-state index >= 15 is 0 Å². The summed E-state index contributed by atoms with van der Waals surface area (Å²) in [5, 5.41) is 23.6. The number of methoxy groups -OCH3 is 3. The molecule has 70 heavy (non-hydrogen) atoms. The maximum atomic E-state index is 14.6. The van der Waals surface area contributed by atoms with Crippen molar-refractivity contribution in [3.8, 4) is 0 Å². The fraction of sp³-hybridized carbons (Fsp3) is 0.704. The number of hydrogen-bond acceptors (Lipinski definition) is 15. The van der Waals surface area contributed by atoms with Crippen molar-refractivity contribution in [2.24, 2.45) is 41.4 Å². The Kier molecular flexibility index (Phi) is 20.9. The molecule has 4 heterocycles. The number of carbonyl (C=O) groups is 6. The molecule has 0 spiro atoms. The topological polar surface area (TPSA) is 211 Å². The summed E-state index contributed by atoms with van der Waals surface area (Å²) in [6, 6.07) is -1.18. The van der Waals surface area contributed by atoms with Crippen molar-refractivity contribution in [1.29, 1.82) is 0 Å². The predicted octanol–water partition coefficient (Wildman–Crippen LogP) is 6.75. The van der Waals surface area contributed by atoms with E-state index in [0.29, 0.717) is 69.8 Å². The number of ether oxygens (including phenoxy) is 7. The smallest absolute Gasteiger partial charge is 0.460 e. The normalized spacial score (nSPS) is 37.8. The molecule has 1 aliphatic carbocycles. The van der Waals surface area contributed by atoms with Crippen LogP contribution in [0, 0.1) is 41.4 Å². The van der Waals surface area contributed by atoms with Crippen LogP contribution in [0.25, 0.3) is 0 Å². The van der Waals surface area contributed by atoms with Gasteiger partial charge in [0, 0.05) is 64.4 Å². The van der Waals surface area contributed by atoms with Gasteiger partial charge >= 0.3 is 12.1 Å². The monoisotopic (exact) mass is 982 g/mol. The summed E-state index contributed by atoms with van der Waals surface area (Å²) in [6.07, 6.45) is 10.7. The van der Waals surface area contributed by atoms with E-state index in [0.717, 1.165) is 5.57 Å². The zero-order valence-corrected chi connectivity index (χ0v) is 42.8. The van der Waals surface area contributed by atoms with Crippen molar-refractivity contribution in [2.75, 3.05) is 34.5 Å². The molecule has 0 aromatic rings. The summed E-state index contributed by atoms with van der Waals surface area (Å²) in [4.78, 5) is 85.0. The van der Waals surface area contributed by atoms with Crippen LogP contribution in [0.4, 0.5) is 4.79 Å². The SMILES string of the molecule is C=CCOC(=O)O[C@@H]1CC[C@@H](C[C@H]2C3CCCN4C(=O)C(=O)[C@]5(O)O[C@@H](CC[C@H]5C)C[C@H](OC)C(C)=CC=CC=C[C@@H](C)C[C@@H](C)C(=O)[C@H](OC)[C@H](O)C(C)=C[C@@H](C)C(=O)C[C@@H]2OC(=O)[C@H]34)C[C@H]1OC. The Labute approximate surface area is 414 Å². The first kappa shape index (κ1) is 56.6. The molecule has 2 N–H and O–H groups in total. The average molecular weight is 982 g/mol. The van der Waals surface area contributed by atoms with Crippen LogP contribution in [0.2, 0.25) is 0 Å². The fourth-order valence-corrected chi connectivity index (χ4v) is 11.3. The molecule has 0 aromatic heterocycles. The molecule has 1 saturated carbocycles. The number of aliphatic hydroxyl groups excluding tert-OH is 1. The van der Waals surface area contributed by atoms with Gasteiger partial charge in [-0.15, -0.1) is 0 Å². The molecule has 5 rings (SSSR count). The second-order valence-corrected chi connectivity index (χ2v) is 20.5. The Morgan fingerprint density at radius 3 is 2.33 bits per heavy atom. The number of rotatable bonds is 8. The molecular weight excluding hydrogens is 903 g/mol. The Morgan fingerprint density at radius 1 is 0.900 bits per heavy atom. The molecule has 1 amide bonds. The lowest BCUT2D eigenvalue weighted by molar-refractivity contribution is -0.266. The summed E-state index contributed by atoms with van der Waals surface area (Å²) in [5.41, 5.74) is 1.24. The van der Waals surface area contributed by atoms with Crippen LogP contribution < -0.4 is 0 Å². The molecule has 3 saturated heterocycles. The predicted molar refractivity (Wildman–Crippen MR) is 259 cm³/mol. The van der Waals surface area contributed by atoms with Crippen molar-refractivity contribution in [2.45, 2.75) is 167 Å². The van der Waals surface area contributed by atoms with Crippen molar-refractivity contribution in [3.63, 3.8) is 0 Å². The van der Waals surface area contributed by atoms with Gasteiger partial charge in [-0.25, -0.2) is 9.59 Å². The van der Waals surface area contributed by atoms with Gasteiger partial charge in [0.2, 0.25) is 5.79 Å². The number of aliphatic hydroxyl groups is 2. The second kappa shape index (κ2) is 25.9. The van der Waals surface area contributed by atoms with Gasteiger partial charge in [-0.3, -0.25) is 19.2 Å². The minimum atomic E-state index is -2.46. The number of ketones is 3. The Hall–Kier alpha value is -4.32. The van der Waals surface area contributed by atoms with E-state index in [4.69, 9.17) is 33.2 Å². The van der Waals surface area contributed by atoms with Gasteiger partial charge in [-0.05, 0) is 101 Å². The number of nitrogens with zero attached hydrogens (tertiary/aromatic N) is 1. The van der Waals surface area contributed by atoms with Gasteiger partial charge in [-0.1, -0.05) is 76.8 Å². The van der Waals surface area contributed by atoms with E-state index in [1.54, 1.807) is 34.0 Å². The van der Waals surface area contributed by atoms with Gasteiger partial charge in [0.15, 0.2) is 5.78 Å². The molecule has 16 heteroatoms. The van der Waals surface area contributed by atoms with E-state index in [1.165, 1.54) is 25.2 Å². The first-order valence-electron chi connectivity index (χ1n) is 25.2. The molecule has 5 aliphatic rings. The quantitative estimate of drug-likeness (QED) is 0.146. The van der Waals surface area contributed by atoms with Crippen LogP contribution >= 0.6 is 0 Å². The number of hydrogen-bond donors (Lipinski definition) is 2. The summed E-state index contributed by atoms with van der Waals surface area (Å²) < 4.78 is 40.4. The molecule has 4 aliphatic heterocycles. The molecule has 16 atom stereocenters. The summed E-state index contributed by atoms with van der Waals surface area (Å²) in [6.45, 7) is 14.3. The number of carbonyl (C=O) groups excluding carboxylic acids is 6. The number of fused-ring (bicyclic) bond motifs is 4. The Bertz CT molecular complexity index is 1990. The van der Waals surface area contributed by atoms with Gasteiger partial charge in [0.25, 0.3) is 11.7 Å². The summed E-state index contributed by atoms with van der Waals surface area (Å²) >= 11 is 0. The largest absolute Gasteiger partial charge is 0.508 e. The van der Waals surface area contributed by atoms with E-state index in [1.807, 2.05) is 51.2 Å². The van der Waals surface area contributed by atoms with Crippen LogP contribution in [0.3, 0.4) is 0 Å². The highest BCUT2D eigenvalue weighted by atomic mass is 16.7. The standard InChI is InChI=1S/C54H79NO15/c1-11-24-67-53(62)69-42-22-20-37(28-45(42)65-9)27-40-39-18-15-23-55-46(39)52(61)68-44(40)30-41(56)33(4)26-35(6)48(58)49(66-10)47(57)34(5)25-31(2)16-13-12-14-17-32(3)43(64-8)29-38-21-19-36(7)54(63,70-38)50(59)51(55)60/h11-14,16-17,26,31,33-34,36-40,42-46,48-49,58,63H,1,15,18-25,27-30H2,2-10H3/t31-,33-,34-,36-,37+,38+,39?,40+,42-,43+,44+,45-,46+,48-,49+,54-/m1/s1. The lowest BCUT2D eigenvalue weighted by atomic mass is 9.68. The highest BCUT2D eigenvalue weighted by molar-refractivity contribution is 6.39. The number of esters is 1. The van der Waals surface area contributed by atoms with E-state index in [9.17, 15) is 39.0 Å². The van der Waals surface area contributed by atoms with Crippen molar-refractivity contribution < 1.29 is 72.1 Å². The zero-order valence-electron chi connectivity index (χ0n) is 42.8. The zero-order chi connectivity index (χ0) is 51.4.